The van der Waals surface area contributed by atoms with Gasteiger partial charge in [-0.25, -0.2) is 0 Å². The van der Waals surface area contributed by atoms with Crippen molar-refractivity contribution >= 4 is 13.7 Å². The van der Waals surface area contributed by atoms with Crippen LogP contribution in [0, 0.1) is 0 Å². The van der Waals surface area contributed by atoms with E-state index in [9.17, 15) is 0 Å². The summed E-state index contributed by atoms with van der Waals surface area (Å²) in [5.74, 6) is 0. The Balaban J connectivity index is 2.42. The predicted octanol–water partition coefficient (Wildman–Crippen LogP) is 1.32. The topological polar surface area (TPSA) is 55.4 Å². The first-order valence-electron chi connectivity index (χ1n) is 8.19. The van der Waals surface area contributed by atoms with E-state index >= 15 is 0 Å². The number of hydrogen-bond donors (Lipinski definition) is 0. The number of hydrogen-bond acceptors (Lipinski definition) is 6. The van der Waals surface area contributed by atoms with Crippen LogP contribution in [0.15, 0.2) is 30.3 Å². The van der Waals surface area contributed by atoms with Crippen LogP contribution in [0.3, 0.4) is 0 Å². The van der Waals surface area contributed by atoms with Crippen LogP contribution in [0.5, 0.6) is 0 Å². The van der Waals surface area contributed by atoms with Gasteiger partial charge in [0.1, 0.15) is 0 Å². The lowest BCUT2D eigenvalue weighted by Crippen LogP contribution is -2.52. The highest BCUT2D eigenvalue weighted by Crippen LogP contribution is 2.08. The van der Waals surface area contributed by atoms with Crippen LogP contribution in [-0.2, 0) is 27.8 Å². The molecule has 0 amide bonds. The summed E-state index contributed by atoms with van der Waals surface area (Å²) in [7, 11) is 0.824. The van der Waals surface area contributed by atoms with Crippen molar-refractivity contribution in [1.29, 1.82) is 0 Å². The van der Waals surface area contributed by atoms with Crippen molar-refractivity contribution < 1.29 is 27.8 Å². The van der Waals surface area contributed by atoms with E-state index in [-0.39, 0.29) is 0 Å². The third-order valence-corrected chi connectivity index (χ3v) is 6.26. The molecule has 0 atom stereocenters. The largest absolute Gasteiger partial charge is 0.389 e. The third kappa shape index (κ3) is 8.88. The van der Waals surface area contributed by atoms with Gasteiger partial charge in [0, 0.05) is 14.2 Å². The van der Waals surface area contributed by atoms with Crippen LogP contribution in [-0.4, -0.2) is 75.6 Å². The van der Waals surface area contributed by atoms with Crippen LogP contribution < -0.4 is 5.19 Å². The van der Waals surface area contributed by atoms with Gasteiger partial charge in [-0.1, -0.05) is 30.3 Å². The van der Waals surface area contributed by atoms with Crippen molar-refractivity contribution in [3.63, 3.8) is 0 Å². The predicted molar refractivity (Wildman–Crippen MR) is 95.0 cm³/mol. The molecule has 0 saturated heterocycles. The summed E-state index contributed by atoms with van der Waals surface area (Å²) in [5.41, 5.74) is 0. The molecule has 7 heteroatoms. The van der Waals surface area contributed by atoms with Gasteiger partial charge in [-0.05, 0) is 11.7 Å². The van der Waals surface area contributed by atoms with Crippen molar-refractivity contribution in [2.45, 2.75) is 6.55 Å². The molecule has 0 N–H and O–H groups in total. The summed E-state index contributed by atoms with van der Waals surface area (Å²) in [4.78, 5) is 0. The smallest absolute Gasteiger partial charge is 0.369 e. The van der Waals surface area contributed by atoms with Crippen molar-refractivity contribution in [3.8, 4) is 0 Å². The summed E-state index contributed by atoms with van der Waals surface area (Å²) in [5, 5.41) is 1.10. The Morgan fingerprint density at radius 2 is 1.12 bits per heavy atom. The monoisotopic (exact) mass is 358 g/mol. The summed E-state index contributed by atoms with van der Waals surface area (Å²) in [6.07, 6.45) is 0. The first kappa shape index (κ1) is 21.2. The lowest BCUT2D eigenvalue weighted by Gasteiger charge is -2.27. The molecule has 0 unspecified atom stereocenters. The first-order chi connectivity index (χ1) is 11.7. The number of benzene rings is 1. The van der Waals surface area contributed by atoms with Gasteiger partial charge in [0.15, 0.2) is 0 Å². The van der Waals surface area contributed by atoms with E-state index in [1.807, 2.05) is 36.9 Å². The van der Waals surface area contributed by atoms with Gasteiger partial charge in [-0.15, -0.1) is 0 Å². The molecule has 0 aliphatic heterocycles. The molecule has 0 aromatic heterocycles. The van der Waals surface area contributed by atoms with Gasteiger partial charge in [0.05, 0.1) is 52.9 Å². The molecule has 0 aliphatic rings. The molecule has 0 saturated carbocycles. The maximum atomic E-state index is 6.09. The maximum absolute atomic E-state index is 6.09. The summed E-state index contributed by atoms with van der Waals surface area (Å²) < 4.78 is 33.0. The molecule has 0 radical (unpaired) electrons. The van der Waals surface area contributed by atoms with Gasteiger partial charge in [-0.2, -0.15) is 0 Å². The average Bonchev–Trinajstić information content (AvgIpc) is 2.62. The van der Waals surface area contributed by atoms with E-state index in [0.717, 1.165) is 5.19 Å². The minimum atomic E-state index is -2.49. The van der Waals surface area contributed by atoms with Gasteiger partial charge in [0.25, 0.3) is 0 Å². The van der Waals surface area contributed by atoms with Crippen molar-refractivity contribution in [2.24, 2.45) is 0 Å². The zero-order valence-electron chi connectivity index (χ0n) is 15.0. The molecular weight excluding hydrogens is 328 g/mol. The summed E-state index contributed by atoms with van der Waals surface area (Å²) >= 11 is 0. The van der Waals surface area contributed by atoms with E-state index in [2.05, 4.69) is 0 Å². The lowest BCUT2D eigenvalue weighted by atomic mass is 10.4. The highest BCUT2D eigenvalue weighted by molar-refractivity contribution is 6.79. The second-order valence-corrected chi connectivity index (χ2v) is 8.27. The van der Waals surface area contributed by atoms with Crippen LogP contribution in [0.4, 0.5) is 0 Å². The lowest BCUT2D eigenvalue weighted by molar-refractivity contribution is 0.0345. The molecule has 1 aromatic carbocycles. The fourth-order valence-electron chi connectivity index (χ4n) is 2.03. The highest BCUT2D eigenvalue weighted by Gasteiger charge is 2.34. The van der Waals surface area contributed by atoms with E-state index < -0.39 is 8.56 Å². The third-order valence-electron chi connectivity index (χ3n) is 3.37. The Bertz CT molecular complexity index is 387. The molecule has 6 nitrogen and oxygen atoms in total. The molecule has 0 heterocycles. The Hall–Kier alpha value is -0.803. The zero-order valence-corrected chi connectivity index (χ0v) is 16.0. The quantitative estimate of drug-likeness (QED) is 0.348. The molecule has 0 spiro atoms. The summed E-state index contributed by atoms with van der Waals surface area (Å²) in [6, 6.07) is 10.1. The molecule has 1 aromatic rings. The molecule has 1 rings (SSSR count). The van der Waals surface area contributed by atoms with Gasteiger partial charge in [0.2, 0.25) is 0 Å². The van der Waals surface area contributed by atoms with Gasteiger partial charge < -0.3 is 27.8 Å². The maximum Gasteiger partial charge on any atom is 0.369 e. The molecule has 0 fully saturated rings. The van der Waals surface area contributed by atoms with E-state index in [0.29, 0.717) is 52.9 Å². The minimum Gasteiger partial charge on any atom is -0.389 e. The molecule has 24 heavy (non-hydrogen) atoms. The standard InChI is InChI=1S/C17H30O6Si/c1-18-9-11-20-13-15-22-24(3,17-7-5-4-6-8-17)23-16-14-21-12-10-19-2/h4-8H,9-16H2,1-3H3. The fraction of sp³-hybridized carbons (Fsp3) is 0.647. The van der Waals surface area contributed by atoms with Crippen LogP contribution in [0.2, 0.25) is 6.55 Å². The zero-order chi connectivity index (χ0) is 17.5. The number of ether oxygens (including phenoxy) is 4. The highest BCUT2D eigenvalue weighted by atomic mass is 28.4. The minimum absolute atomic E-state index is 0.492. The molecule has 138 valence electrons. The van der Waals surface area contributed by atoms with E-state index in [4.69, 9.17) is 27.8 Å². The van der Waals surface area contributed by atoms with E-state index in [1.54, 1.807) is 14.2 Å². The number of rotatable bonds is 15. The summed E-state index contributed by atoms with van der Waals surface area (Å²) in [6.45, 7) is 6.38. The second-order valence-electron chi connectivity index (χ2n) is 5.22. The van der Waals surface area contributed by atoms with Gasteiger partial charge >= 0.3 is 8.56 Å². The molecule has 0 aliphatic carbocycles. The SMILES string of the molecule is COCCOCCO[Si](C)(OCCOCCOC)c1ccccc1. The first-order valence-corrected chi connectivity index (χ1v) is 10.5. The van der Waals surface area contributed by atoms with Crippen LogP contribution >= 0.6 is 0 Å². The Kier molecular flexibility index (Phi) is 11.9. The number of methoxy groups -OCH3 is 2. The average molecular weight is 359 g/mol. The van der Waals surface area contributed by atoms with Crippen molar-refractivity contribution in [1.82, 2.24) is 0 Å². The van der Waals surface area contributed by atoms with E-state index in [1.165, 1.54) is 0 Å². The molecule has 0 bridgehead atoms. The molecular formula is C17H30O6Si. The Labute approximate surface area is 146 Å². The van der Waals surface area contributed by atoms with Crippen LogP contribution in [0.25, 0.3) is 0 Å². The normalized spacial score (nSPS) is 11.8. The second kappa shape index (κ2) is 13.5. The Morgan fingerprint density at radius 1 is 0.667 bits per heavy atom. The fourth-order valence-corrected chi connectivity index (χ4v) is 4.19. The van der Waals surface area contributed by atoms with Crippen molar-refractivity contribution in [2.75, 3.05) is 67.1 Å². The van der Waals surface area contributed by atoms with Crippen LogP contribution in [0.1, 0.15) is 0 Å². The Morgan fingerprint density at radius 3 is 1.58 bits per heavy atom. The van der Waals surface area contributed by atoms with Gasteiger partial charge in [-0.3, -0.25) is 0 Å². The van der Waals surface area contributed by atoms with Crippen molar-refractivity contribution in [3.05, 3.63) is 30.3 Å².